The molecule has 0 aliphatic heterocycles. The summed E-state index contributed by atoms with van der Waals surface area (Å²) in [6.07, 6.45) is -1.33. The number of halogens is 3. The zero-order valence-corrected chi connectivity index (χ0v) is 12.7. The average Bonchev–Trinajstić information content (AvgIpc) is 2.58. The highest BCUT2D eigenvalue weighted by Crippen LogP contribution is 2.29. The van der Waals surface area contributed by atoms with Crippen molar-refractivity contribution in [1.82, 2.24) is 9.97 Å². The number of primary amides is 1. The van der Waals surface area contributed by atoms with Gasteiger partial charge in [-0.1, -0.05) is 12.1 Å². The molecule has 1 amide bonds. The summed E-state index contributed by atoms with van der Waals surface area (Å²) in [5.74, 6) is -0.607. The second-order valence-electron chi connectivity index (χ2n) is 5.25. The summed E-state index contributed by atoms with van der Waals surface area (Å²) in [5, 5.41) is 0.670. The topological polar surface area (TPSA) is 78.1 Å². The standard InChI is InChI=1S/C17H12F3N3O2/c18-17(19,20)9-25-12-3-1-2-10(6-12)13-8-22-7-11-4-5-14(16(21)24)23-15(11)13/h1-8H,9H2,(H2,21,24). The fourth-order valence-electron chi connectivity index (χ4n) is 2.31. The van der Waals surface area contributed by atoms with Gasteiger partial charge >= 0.3 is 6.18 Å². The first-order valence-electron chi connectivity index (χ1n) is 7.18. The Morgan fingerprint density at radius 3 is 2.68 bits per heavy atom. The molecule has 5 nitrogen and oxygen atoms in total. The lowest BCUT2D eigenvalue weighted by atomic mass is 10.0. The Labute approximate surface area is 140 Å². The molecule has 1 aromatic carbocycles. The Hall–Kier alpha value is -3.16. The molecule has 0 bridgehead atoms. The predicted molar refractivity (Wildman–Crippen MR) is 85.0 cm³/mol. The molecule has 128 valence electrons. The number of nitrogens with two attached hydrogens (primary N) is 1. The highest BCUT2D eigenvalue weighted by Gasteiger charge is 2.28. The van der Waals surface area contributed by atoms with Gasteiger partial charge in [-0.2, -0.15) is 13.2 Å². The van der Waals surface area contributed by atoms with Crippen molar-refractivity contribution in [3.63, 3.8) is 0 Å². The first kappa shape index (κ1) is 16.7. The van der Waals surface area contributed by atoms with E-state index in [0.29, 0.717) is 22.0 Å². The molecule has 0 saturated carbocycles. The smallest absolute Gasteiger partial charge is 0.422 e. The maximum atomic E-state index is 12.3. The third-order valence-corrected chi connectivity index (χ3v) is 3.40. The molecule has 8 heteroatoms. The molecule has 0 aliphatic carbocycles. The van der Waals surface area contributed by atoms with Gasteiger partial charge in [0.2, 0.25) is 0 Å². The molecule has 2 aromatic heterocycles. The number of hydrogen-bond acceptors (Lipinski definition) is 4. The highest BCUT2D eigenvalue weighted by molar-refractivity contribution is 5.97. The van der Waals surface area contributed by atoms with Gasteiger partial charge in [0.15, 0.2) is 6.61 Å². The summed E-state index contributed by atoms with van der Waals surface area (Å²) in [6.45, 7) is -1.38. The van der Waals surface area contributed by atoms with Crippen LogP contribution in [0.25, 0.3) is 22.0 Å². The van der Waals surface area contributed by atoms with E-state index in [9.17, 15) is 18.0 Å². The van der Waals surface area contributed by atoms with Crippen LogP contribution >= 0.6 is 0 Å². The third kappa shape index (κ3) is 3.85. The Bertz CT molecular complexity index is 942. The van der Waals surface area contributed by atoms with E-state index in [1.54, 1.807) is 24.4 Å². The van der Waals surface area contributed by atoms with Crippen LogP contribution < -0.4 is 10.5 Å². The number of hydrogen-bond donors (Lipinski definition) is 1. The van der Waals surface area contributed by atoms with Gasteiger partial charge in [0, 0.05) is 23.3 Å². The number of amides is 1. The molecule has 0 aliphatic rings. The highest BCUT2D eigenvalue weighted by atomic mass is 19.4. The van der Waals surface area contributed by atoms with Gasteiger partial charge in [0.25, 0.3) is 5.91 Å². The zero-order valence-electron chi connectivity index (χ0n) is 12.7. The second-order valence-corrected chi connectivity index (χ2v) is 5.25. The van der Waals surface area contributed by atoms with E-state index < -0.39 is 18.7 Å². The largest absolute Gasteiger partial charge is 0.484 e. The first-order chi connectivity index (χ1) is 11.8. The summed E-state index contributed by atoms with van der Waals surface area (Å²) in [5.41, 5.74) is 6.93. The number of nitrogens with zero attached hydrogens (tertiary/aromatic N) is 2. The quantitative estimate of drug-likeness (QED) is 0.785. The van der Waals surface area contributed by atoms with Crippen molar-refractivity contribution in [2.75, 3.05) is 6.61 Å². The van der Waals surface area contributed by atoms with E-state index in [0.717, 1.165) is 0 Å². The Morgan fingerprint density at radius 1 is 1.16 bits per heavy atom. The number of rotatable bonds is 4. The Balaban J connectivity index is 2.04. The van der Waals surface area contributed by atoms with Gasteiger partial charge in [-0.3, -0.25) is 9.78 Å². The van der Waals surface area contributed by atoms with Crippen LogP contribution in [0.2, 0.25) is 0 Å². The molecule has 0 fully saturated rings. The SMILES string of the molecule is NC(=O)c1ccc2cncc(-c3cccc(OCC(F)(F)F)c3)c2n1. The van der Waals surface area contributed by atoms with Gasteiger partial charge in [0.05, 0.1) is 5.52 Å². The molecule has 3 rings (SSSR count). The molecule has 0 radical (unpaired) electrons. The minimum absolute atomic E-state index is 0.0675. The first-order valence-corrected chi connectivity index (χ1v) is 7.18. The van der Waals surface area contributed by atoms with Crippen molar-refractivity contribution in [2.45, 2.75) is 6.18 Å². The molecule has 0 saturated heterocycles. The van der Waals surface area contributed by atoms with Crippen molar-refractivity contribution < 1.29 is 22.7 Å². The van der Waals surface area contributed by atoms with Crippen LogP contribution in [0.3, 0.4) is 0 Å². The van der Waals surface area contributed by atoms with Gasteiger partial charge in [-0.25, -0.2) is 4.98 Å². The van der Waals surface area contributed by atoms with Crippen molar-refractivity contribution in [2.24, 2.45) is 5.73 Å². The van der Waals surface area contributed by atoms with Crippen molar-refractivity contribution in [1.29, 1.82) is 0 Å². The molecular weight excluding hydrogens is 335 g/mol. The van der Waals surface area contributed by atoms with Crippen LogP contribution in [0.15, 0.2) is 48.8 Å². The van der Waals surface area contributed by atoms with Crippen LogP contribution in [0, 0.1) is 0 Å². The van der Waals surface area contributed by atoms with E-state index in [4.69, 9.17) is 10.5 Å². The fraction of sp³-hybridized carbons (Fsp3) is 0.118. The van der Waals surface area contributed by atoms with Gasteiger partial charge in [-0.05, 0) is 29.8 Å². The molecular formula is C17H12F3N3O2. The molecule has 0 atom stereocenters. The summed E-state index contributed by atoms with van der Waals surface area (Å²) in [4.78, 5) is 19.7. The number of ether oxygens (including phenoxy) is 1. The van der Waals surface area contributed by atoms with Crippen LogP contribution in [0.5, 0.6) is 5.75 Å². The number of alkyl halides is 3. The number of pyridine rings is 2. The van der Waals surface area contributed by atoms with Crippen molar-refractivity contribution in [3.8, 4) is 16.9 Å². The molecule has 2 heterocycles. The van der Waals surface area contributed by atoms with Gasteiger partial charge < -0.3 is 10.5 Å². The van der Waals surface area contributed by atoms with Crippen LogP contribution in [-0.2, 0) is 0 Å². The van der Waals surface area contributed by atoms with Crippen LogP contribution in [0.1, 0.15) is 10.5 Å². The minimum atomic E-state index is -4.42. The third-order valence-electron chi connectivity index (χ3n) is 3.40. The summed E-state index contributed by atoms with van der Waals surface area (Å²) >= 11 is 0. The van der Waals surface area contributed by atoms with E-state index >= 15 is 0 Å². The van der Waals surface area contributed by atoms with E-state index in [-0.39, 0.29) is 11.4 Å². The predicted octanol–water partition coefficient (Wildman–Crippen LogP) is 3.34. The normalized spacial score (nSPS) is 11.5. The van der Waals surface area contributed by atoms with Crippen molar-refractivity contribution >= 4 is 16.8 Å². The number of benzene rings is 1. The fourth-order valence-corrected chi connectivity index (χ4v) is 2.31. The zero-order chi connectivity index (χ0) is 18.0. The lowest BCUT2D eigenvalue weighted by Crippen LogP contribution is -2.19. The van der Waals surface area contributed by atoms with Gasteiger partial charge in [0.1, 0.15) is 11.4 Å². The summed E-state index contributed by atoms with van der Waals surface area (Å²) in [7, 11) is 0. The maximum absolute atomic E-state index is 12.3. The Kier molecular flexibility index (Phi) is 4.26. The minimum Gasteiger partial charge on any atom is -0.484 e. The van der Waals surface area contributed by atoms with E-state index in [1.807, 2.05) is 0 Å². The number of aromatic nitrogens is 2. The molecule has 0 unspecified atom stereocenters. The van der Waals surface area contributed by atoms with Gasteiger partial charge in [-0.15, -0.1) is 0 Å². The lowest BCUT2D eigenvalue weighted by molar-refractivity contribution is -0.153. The number of fused-ring (bicyclic) bond motifs is 1. The van der Waals surface area contributed by atoms with Crippen LogP contribution in [0.4, 0.5) is 13.2 Å². The molecule has 2 N–H and O–H groups in total. The molecule has 3 aromatic rings. The van der Waals surface area contributed by atoms with E-state index in [2.05, 4.69) is 9.97 Å². The molecule has 0 spiro atoms. The average molecular weight is 347 g/mol. The lowest BCUT2D eigenvalue weighted by Gasteiger charge is -2.11. The number of carbonyl (C=O) groups is 1. The van der Waals surface area contributed by atoms with Crippen molar-refractivity contribution in [3.05, 3.63) is 54.5 Å². The van der Waals surface area contributed by atoms with E-state index in [1.165, 1.54) is 24.4 Å². The Morgan fingerprint density at radius 2 is 1.96 bits per heavy atom. The monoisotopic (exact) mass is 347 g/mol. The summed E-state index contributed by atoms with van der Waals surface area (Å²) < 4.78 is 41.7. The molecule has 25 heavy (non-hydrogen) atoms. The second kappa shape index (κ2) is 6.39. The maximum Gasteiger partial charge on any atom is 0.422 e. The van der Waals surface area contributed by atoms with Crippen LogP contribution in [-0.4, -0.2) is 28.7 Å². The summed E-state index contributed by atoms with van der Waals surface area (Å²) in [6, 6.07) is 9.28. The number of carbonyl (C=O) groups excluding carboxylic acids is 1.